The first kappa shape index (κ1) is 23.6. The van der Waals surface area contributed by atoms with Crippen molar-refractivity contribution in [2.75, 3.05) is 40.4 Å². The maximum Gasteiger partial charge on any atom is 0.254 e. The number of amides is 1. The van der Waals surface area contributed by atoms with Crippen LogP contribution < -0.4 is 9.47 Å². The van der Waals surface area contributed by atoms with Gasteiger partial charge in [0.25, 0.3) is 5.91 Å². The number of ether oxygens (including phenoxy) is 2. The summed E-state index contributed by atoms with van der Waals surface area (Å²) in [6, 6.07) is 8.32. The van der Waals surface area contributed by atoms with Gasteiger partial charge >= 0.3 is 0 Å². The van der Waals surface area contributed by atoms with E-state index in [0.717, 1.165) is 67.0 Å². The van der Waals surface area contributed by atoms with Gasteiger partial charge in [0.2, 0.25) is 0 Å². The van der Waals surface area contributed by atoms with Crippen molar-refractivity contribution in [3.8, 4) is 11.5 Å². The van der Waals surface area contributed by atoms with Crippen molar-refractivity contribution in [3.05, 3.63) is 64.5 Å². The monoisotopic (exact) mass is 473 g/mol. The van der Waals surface area contributed by atoms with Crippen LogP contribution in [0.4, 0.5) is 0 Å². The number of carbonyl (C=O) groups excluding carboxylic acids is 1. The predicted molar refractivity (Wildman–Crippen MR) is 138 cm³/mol. The Kier molecular flexibility index (Phi) is 6.65. The topological polar surface area (TPSA) is 54.9 Å². The molecule has 1 aromatic heterocycles. The molecular weight excluding hydrogens is 438 g/mol. The molecular formula is C29H35N3O3. The summed E-state index contributed by atoms with van der Waals surface area (Å²) in [6.45, 7) is 8.93. The highest BCUT2D eigenvalue weighted by Crippen LogP contribution is 2.33. The molecule has 6 nitrogen and oxygen atoms in total. The van der Waals surface area contributed by atoms with Crippen LogP contribution in [-0.2, 0) is 13.0 Å². The van der Waals surface area contributed by atoms with E-state index >= 15 is 0 Å². The molecule has 3 heterocycles. The Bertz CT molecular complexity index is 1260. The van der Waals surface area contributed by atoms with E-state index in [1.807, 2.05) is 18.5 Å². The van der Waals surface area contributed by atoms with E-state index in [9.17, 15) is 4.79 Å². The molecule has 1 fully saturated rings. The predicted octanol–water partition coefficient (Wildman–Crippen LogP) is 4.78. The standard InChI is InChI=1S/C29H35N3O3/c1-19-10-24-18-32(29(33)26(24)11-20(19)2)17-21-6-5-8-31(16-21)9-7-22-14-30-15-23-12-27(34-3)28(35-4)13-25(22)23/h10-15,21H,5-9,16-18H2,1-4H3. The zero-order chi connectivity index (χ0) is 24.5. The Balaban J connectivity index is 1.23. The van der Waals surface area contributed by atoms with Gasteiger partial charge in [-0.2, -0.15) is 0 Å². The number of rotatable bonds is 7. The molecule has 0 radical (unpaired) electrons. The summed E-state index contributed by atoms with van der Waals surface area (Å²) < 4.78 is 11.0. The van der Waals surface area contributed by atoms with Gasteiger partial charge in [0.15, 0.2) is 11.5 Å². The summed E-state index contributed by atoms with van der Waals surface area (Å²) in [5.41, 5.74) is 5.77. The molecule has 0 N–H and O–H groups in total. The average Bonchev–Trinajstić information content (AvgIpc) is 3.16. The molecule has 35 heavy (non-hydrogen) atoms. The third-order valence-electron chi connectivity index (χ3n) is 7.72. The van der Waals surface area contributed by atoms with E-state index in [2.05, 4.69) is 46.8 Å². The third-order valence-corrected chi connectivity index (χ3v) is 7.72. The number of hydrogen-bond acceptors (Lipinski definition) is 5. The van der Waals surface area contributed by atoms with Gasteiger partial charge in [0.1, 0.15) is 0 Å². The van der Waals surface area contributed by atoms with E-state index in [-0.39, 0.29) is 5.91 Å². The number of aryl methyl sites for hydroxylation is 2. The van der Waals surface area contributed by atoms with Crippen LogP contribution in [0.2, 0.25) is 0 Å². The van der Waals surface area contributed by atoms with Gasteiger partial charge in [-0.1, -0.05) is 6.07 Å². The zero-order valence-electron chi connectivity index (χ0n) is 21.3. The van der Waals surface area contributed by atoms with Crippen molar-refractivity contribution >= 4 is 16.7 Å². The van der Waals surface area contributed by atoms with Gasteiger partial charge in [-0.15, -0.1) is 0 Å². The first-order valence-electron chi connectivity index (χ1n) is 12.6. The van der Waals surface area contributed by atoms with Crippen LogP contribution in [0.1, 0.15) is 45.5 Å². The minimum absolute atomic E-state index is 0.200. The minimum Gasteiger partial charge on any atom is -0.493 e. The number of aromatic nitrogens is 1. The molecule has 2 aliphatic heterocycles. The van der Waals surface area contributed by atoms with Gasteiger partial charge in [0.05, 0.1) is 14.2 Å². The molecule has 0 saturated carbocycles. The van der Waals surface area contributed by atoms with Crippen molar-refractivity contribution in [1.82, 2.24) is 14.8 Å². The Morgan fingerprint density at radius 1 is 1.03 bits per heavy atom. The smallest absolute Gasteiger partial charge is 0.254 e. The van der Waals surface area contributed by atoms with Crippen LogP contribution in [0.25, 0.3) is 10.8 Å². The highest BCUT2D eigenvalue weighted by atomic mass is 16.5. The van der Waals surface area contributed by atoms with E-state index in [1.54, 1.807) is 14.2 Å². The van der Waals surface area contributed by atoms with Crippen LogP contribution in [0.15, 0.2) is 36.7 Å². The number of benzene rings is 2. The van der Waals surface area contributed by atoms with E-state index in [4.69, 9.17) is 9.47 Å². The molecule has 0 spiro atoms. The molecule has 3 aromatic rings. The number of likely N-dealkylation sites (tertiary alicyclic amines) is 1. The highest BCUT2D eigenvalue weighted by molar-refractivity contribution is 5.98. The number of carbonyl (C=O) groups is 1. The lowest BCUT2D eigenvalue weighted by Gasteiger charge is -2.34. The van der Waals surface area contributed by atoms with E-state index < -0.39 is 0 Å². The summed E-state index contributed by atoms with van der Waals surface area (Å²) in [5, 5.41) is 2.23. The van der Waals surface area contributed by atoms with Gasteiger partial charge in [-0.25, -0.2) is 0 Å². The van der Waals surface area contributed by atoms with Gasteiger partial charge in [0, 0.05) is 49.5 Å². The summed E-state index contributed by atoms with van der Waals surface area (Å²) in [5.74, 6) is 2.18. The maximum atomic E-state index is 13.0. The van der Waals surface area contributed by atoms with Gasteiger partial charge in [-0.3, -0.25) is 9.78 Å². The largest absolute Gasteiger partial charge is 0.493 e. The Hall–Kier alpha value is -3.12. The number of piperidine rings is 1. The summed E-state index contributed by atoms with van der Waals surface area (Å²) in [4.78, 5) is 22.1. The summed E-state index contributed by atoms with van der Waals surface area (Å²) >= 11 is 0. The average molecular weight is 474 g/mol. The fraction of sp³-hybridized carbons (Fsp3) is 0.448. The van der Waals surface area contributed by atoms with Crippen molar-refractivity contribution < 1.29 is 14.3 Å². The second-order valence-electron chi connectivity index (χ2n) is 10.1. The second kappa shape index (κ2) is 9.86. The SMILES string of the molecule is COc1cc2cncc(CCN3CCCC(CN4Cc5cc(C)c(C)cc5C4=O)C3)c2cc1OC. The fourth-order valence-electron chi connectivity index (χ4n) is 5.65. The highest BCUT2D eigenvalue weighted by Gasteiger charge is 2.31. The van der Waals surface area contributed by atoms with E-state index in [0.29, 0.717) is 5.92 Å². The maximum absolute atomic E-state index is 13.0. The van der Waals surface area contributed by atoms with Crippen LogP contribution in [-0.4, -0.2) is 61.1 Å². The van der Waals surface area contributed by atoms with Crippen LogP contribution in [0.5, 0.6) is 11.5 Å². The lowest BCUT2D eigenvalue weighted by molar-refractivity contribution is 0.0703. The van der Waals surface area contributed by atoms with Gasteiger partial charge < -0.3 is 19.3 Å². The van der Waals surface area contributed by atoms with Crippen molar-refractivity contribution in [2.24, 2.45) is 5.92 Å². The molecule has 0 aliphatic carbocycles. The van der Waals surface area contributed by atoms with Crippen molar-refractivity contribution in [1.29, 1.82) is 0 Å². The molecule has 2 aliphatic rings. The molecule has 5 rings (SSSR count). The Morgan fingerprint density at radius 2 is 1.80 bits per heavy atom. The first-order valence-corrected chi connectivity index (χ1v) is 12.6. The lowest BCUT2D eigenvalue weighted by atomic mass is 9.96. The molecule has 1 atom stereocenters. The summed E-state index contributed by atoms with van der Waals surface area (Å²) in [7, 11) is 3.33. The minimum atomic E-state index is 0.200. The number of nitrogens with zero attached hydrogens (tertiary/aromatic N) is 3. The molecule has 1 amide bonds. The number of hydrogen-bond donors (Lipinski definition) is 0. The third kappa shape index (κ3) is 4.72. The molecule has 1 unspecified atom stereocenters. The molecule has 2 aromatic carbocycles. The van der Waals surface area contributed by atoms with Crippen molar-refractivity contribution in [3.63, 3.8) is 0 Å². The second-order valence-corrected chi connectivity index (χ2v) is 10.1. The normalized spacial score (nSPS) is 18.2. The Labute approximate surface area is 207 Å². The molecule has 1 saturated heterocycles. The Morgan fingerprint density at radius 3 is 2.60 bits per heavy atom. The van der Waals surface area contributed by atoms with Gasteiger partial charge in [-0.05, 0) is 91.4 Å². The number of pyridine rings is 1. The quantitative estimate of drug-likeness (QED) is 0.494. The number of methoxy groups -OCH3 is 2. The zero-order valence-corrected chi connectivity index (χ0v) is 21.3. The lowest BCUT2D eigenvalue weighted by Crippen LogP contribution is -2.41. The molecule has 184 valence electrons. The molecule has 6 heteroatoms. The molecule has 0 bridgehead atoms. The van der Waals surface area contributed by atoms with Crippen LogP contribution in [0, 0.1) is 19.8 Å². The summed E-state index contributed by atoms with van der Waals surface area (Å²) in [6.07, 6.45) is 7.14. The van der Waals surface area contributed by atoms with Crippen molar-refractivity contribution in [2.45, 2.75) is 39.7 Å². The fourth-order valence-corrected chi connectivity index (χ4v) is 5.65. The van der Waals surface area contributed by atoms with Crippen LogP contribution >= 0.6 is 0 Å². The first-order chi connectivity index (χ1) is 17.0. The number of fused-ring (bicyclic) bond motifs is 2. The van der Waals surface area contributed by atoms with Crippen LogP contribution in [0.3, 0.4) is 0 Å². The van der Waals surface area contributed by atoms with E-state index in [1.165, 1.54) is 35.1 Å².